The number of allylic oxidation sites excluding steroid dienone is 2. The van der Waals surface area contributed by atoms with E-state index < -0.39 is 0 Å². The van der Waals surface area contributed by atoms with E-state index in [0.29, 0.717) is 0 Å². The van der Waals surface area contributed by atoms with Crippen LogP contribution in [0, 0.1) is 6.92 Å². The quantitative estimate of drug-likeness (QED) is 0.525. The normalized spacial score (nSPS) is 11.5. The van der Waals surface area contributed by atoms with Crippen molar-refractivity contribution in [2.45, 2.75) is 45.9 Å². The molecule has 3 nitrogen and oxygen atoms in total. The van der Waals surface area contributed by atoms with Gasteiger partial charge in [0, 0.05) is 31.1 Å². The molecule has 0 amide bonds. The van der Waals surface area contributed by atoms with Crippen LogP contribution in [-0.4, -0.2) is 38.0 Å². The first-order chi connectivity index (χ1) is 11.3. The zero-order valence-corrected chi connectivity index (χ0v) is 15.8. The lowest BCUT2D eigenvalue weighted by Crippen LogP contribution is -2.35. The predicted octanol–water partition coefficient (Wildman–Crippen LogP) is 3.78. The molecule has 0 fully saturated rings. The van der Waals surface area contributed by atoms with Crippen molar-refractivity contribution in [3.8, 4) is 0 Å². The van der Waals surface area contributed by atoms with Crippen molar-refractivity contribution < 1.29 is 4.79 Å². The predicted molar refractivity (Wildman–Crippen MR) is 105 cm³/mol. The third kappa shape index (κ3) is 5.91. The Kier molecular flexibility index (Phi) is 7.83. The molecule has 0 heterocycles. The Bertz CT molecular complexity index is 608. The second-order valence-corrected chi connectivity index (χ2v) is 6.50. The van der Waals surface area contributed by atoms with Gasteiger partial charge in [0.2, 0.25) is 0 Å². The number of nitrogens with zero attached hydrogens (tertiary/aromatic N) is 1. The molecule has 0 aliphatic carbocycles. The second-order valence-electron chi connectivity index (χ2n) is 6.50. The van der Waals surface area contributed by atoms with Gasteiger partial charge in [-0.2, -0.15) is 0 Å². The molecular formula is C20H30BN2O. The number of hydrogen-bond donors (Lipinski definition) is 1. The summed E-state index contributed by atoms with van der Waals surface area (Å²) in [6.45, 7) is 13.9. The molecule has 1 N–H and O–H groups in total. The van der Waals surface area contributed by atoms with E-state index in [1.54, 1.807) is 6.92 Å². The van der Waals surface area contributed by atoms with Crippen LogP contribution >= 0.6 is 0 Å². The standard InChI is InChI=1S/C20H30BN2O/c1-14(11-12-15(2)23(6)7)22-20(21-5)13-18-9-8-10-19(16(18)3)17(4)24/h8-10,20,22H,1-2,11-13H2,3-7H3. The lowest BCUT2D eigenvalue weighted by Gasteiger charge is -2.22. The summed E-state index contributed by atoms with van der Waals surface area (Å²) in [6.07, 6.45) is 2.61. The number of carbonyl (C=O) groups is 1. The van der Waals surface area contributed by atoms with Crippen LogP contribution in [0.25, 0.3) is 0 Å². The fraction of sp³-hybridized carbons (Fsp3) is 0.450. The first kappa shape index (κ1) is 20.1. The first-order valence-electron chi connectivity index (χ1n) is 8.44. The maximum absolute atomic E-state index is 11.7. The average molecular weight is 325 g/mol. The van der Waals surface area contributed by atoms with Crippen LogP contribution in [-0.2, 0) is 6.42 Å². The molecule has 0 aromatic heterocycles. The molecule has 24 heavy (non-hydrogen) atoms. The molecule has 1 aromatic carbocycles. The van der Waals surface area contributed by atoms with Crippen LogP contribution < -0.4 is 5.32 Å². The maximum Gasteiger partial charge on any atom is 0.160 e. The van der Waals surface area contributed by atoms with Crippen LogP contribution in [0.2, 0.25) is 6.82 Å². The summed E-state index contributed by atoms with van der Waals surface area (Å²) >= 11 is 0. The van der Waals surface area contributed by atoms with E-state index in [4.69, 9.17) is 0 Å². The van der Waals surface area contributed by atoms with E-state index in [-0.39, 0.29) is 11.7 Å². The molecule has 0 saturated carbocycles. The number of carbonyl (C=O) groups excluding carboxylic acids is 1. The topological polar surface area (TPSA) is 32.3 Å². The average Bonchev–Trinajstić information content (AvgIpc) is 2.53. The summed E-state index contributed by atoms with van der Waals surface area (Å²) in [5.74, 6) is 0.317. The molecule has 1 radical (unpaired) electrons. The smallest absolute Gasteiger partial charge is 0.160 e. The van der Waals surface area contributed by atoms with E-state index in [1.165, 1.54) is 5.56 Å². The molecule has 1 rings (SSSR count). The van der Waals surface area contributed by atoms with Crippen LogP contribution in [0.15, 0.2) is 42.8 Å². The van der Waals surface area contributed by atoms with Crippen LogP contribution in [0.4, 0.5) is 0 Å². The van der Waals surface area contributed by atoms with Gasteiger partial charge in [-0.25, -0.2) is 0 Å². The number of benzene rings is 1. The highest BCUT2D eigenvalue weighted by Gasteiger charge is 2.13. The monoisotopic (exact) mass is 325 g/mol. The highest BCUT2D eigenvalue weighted by Crippen LogP contribution is 2.17. The minimum Gasteiger partial charge on any atom is -0.394 e. The summed E-state index contributed by atoms with van der Waals surface area (Å²) in [4.78, 5) is 13.7. The molecular weight excluding hydrogens is 295 g/mol. The Balaban J connectivity index is 2.68. The number of nitrogens with one attached hydrogen (secondary N) is 1. The van der Waals surface area contributed by atoms with Gasteiger partial charge < -0.3 is 10.2 Å². The van der Waals surface area contributed by atoms with Crippen molar-refractivity contribution in [2.75, 3.05) is 14.1 Å². The summed E-state index contributed by atoms with van der Waals surface area (Å²) in [6, 6.07) is 5.95. The summed E-state index contributed by atoms with van der Waals surface area (Å²) in [5.41, 5.74) is 5.19. The zero-order chi connectivity index (χ0) is 18.3. The van der Waals surface area contributed by atoms with Gasteiger partial charge in [0.25, 0.3) is 0 Å². The van der Waals surface area contributed by atoms with Gasteiger partial charge in [0.05, 0.1) is 0 Å². The fourth-order valence-corrected chi connectivity index (χ4v) is 2.63. The Morgan fingerprint density at radius 3 is 2.50 bits per heavy atom. The number of hydrogen-bond acceptors (Lipinski definition) is 3. The largest absolute Gasteiger partial charge is 0.394 e. The lowest BCUT2D eigenvalue weighted by atomic mass is 9.69. The summed E-state index contributed by atoms with van der Waals surface area (Å²) in [5, 5.41) is 3.49. The number of rotatable bonds is 10. The first-order valence-corrected chi connectivity index (χ1v) is 8.44. The Morgan fingerprint density at radius 1 is 1.29 bits per heavy atom. The highest BCUT2D eigenvalue weighted by molar-refractivity contribution is 6.35. The van der Waals surface area contributed by atoms with Gasteiger partial charge in [-0.3, -0.25) is 4.79 Å². The fourth-order valence-electron chi connectivity index (χ4n) is 2.63. The highest BCUT2D eigenvalue weighted by atomic mass is 16.1. The Hall–Kier alpha value is -1.97. The van der Waals surface area contributed by atoms with Gasteiger partial charge in [0.1, 0.15) is 7.28 Å². The molecule has 1 atom stereocenters. The molecule has 1 unspecified atom stereocenters. The molecule has 4 heteroatoms. The van der Waals surface area contributed by atoms with Crippen molar-refractivity contribution in [3.05, 3.63) is 59.4 Å². The van der Waals surface area contributed by atoms with Crippen LogP contribution in [0.3, 0.4) is 0 Å². The van der Waals surface area contributed by atoms with Crippen LogP contribution in [0.1, 0.15) is 41.3 Å². The van der Waals surface area contributed by atoms with Crippen molar-refractivity contribution >= 4 is 13.1 Å². The summed E-state index contributed by atoms with van der Waals surface area (Å²) in [7, 11) is 6.16. The molecule has 1 aromatic rings. The van der Waals surface area contributed by atoms with Gasteiger partial charge in [-0.05, 0) is 50.2 Å². The summed E-state index contributed by atoms with van der Waals surface area (Å²) < 4.78 is 0. The third-order valence-electron chi connectivity index (χ3n) is 4.40. The molecule has 0 bridgehead atoms. The minimum atomic E-state index is 0.117. The second kappa shape index (κ2) is 9.36. The van der Waals surface area contributed by atoms with Crippen molar-refractivity contribution in [1.82, 2.24) is 10.2 Å². The van der Waals surface area contributed by atoms with E-state index in [1.807, 2.05) is 44.9 Å². The van der Waals surface area contributed by atoms with E-state index in [9.17, 15) is 4.79 Å². The van der Waals surface area contributed by atoms with E-state index in [2.05, 4.69) is 31.8 Å². The molecule has 129 valence electrons. The van der Waals surface area contributed by atoms with Gasteiger partial charge >= 0.3 is 0 Å². The van der Waals surface area contributed by atoms with Gasteiger partial charge in [0.15, 0.2) is 5.78 Å². The van der Waals surface area contributed by atoms with E-state index in [0.717, 1.165) is 41.8 Å². The molecule has 0 saturated heterocycles. The number of ketones is 1. The maximum atomic E-state index is 11.7. The third-order valence-corrected chi connectivity index (χ3v) is 4.40. The molecule has 0 spiro atoms. The van der Waals surface area contributed by atoms with Crippen molar-refractivity contribution in [2.24, 2.45) is 0 Å². The SMILES string of the molecule is C=C(CCC(=C)N(C)C)NC([B]C)Cc1cccc(C(C)=O)c1C. The van der Waals surface area contributed by atoms with Crippen molar-refractivity contribution in [3.63, 3.8) is 0 Å². The Labute approximate surface area is 148 Å². The molecule has 0 aliphatic rings. The lowest BCUT2D eigenvalue weighted by molar-refractivity contribution is 0.101. The van der Waals surface area contributed by atoms with Gasteiger partial charge in [-0.1, -0.05) is 38.2 Å². The van der Waals surface area contributed by atoms with Crippen molar-refractivity contribution in [1.29, 1.82) is 0 Å². The number of Topliss-reactive ketones (excluding diaryl/α,β-unsaturated/α-hetero) is 1. The zero-order valence-electron chi connectivity index (χ0n) is 15.8. The van der Waals surface area contributed by atoms with Crippen LogP contribution in [0.5, 0.6) is 0 Å². The van der Waals surface area contributed by atoms with E-state index >= 15 is 0 Å². The minimum absolute atomic E-state index is 0.117. The van der Waals surface area contributed by atoms with Gasteiger partial charge in [-0.15, -0.1) is 0 Å². The molecule has 0 aliphatic heterocycles. The Morgan fingerprint density at radius 2 is 1.96 bits per heavy atom.